The van der Waals surface area contributed by atoms with E-state index >= 15 is 0 Å². The van der Waals surface area contributed by atoms with E-state index < -0.39 is 0 Å². The average Bonchev–Trinajstić information content (AvgIpc) is 2.70. The van der Waals surface area contributed by atoms with Gasteiger partial charge < -0.3 is 10.4 Å². The molecule has 0 aliphatic carbocycles. The number of rotatable bonds is 7. The first-order valence-electron chi connectivity index (χ1n) is 5.58. The van der Waals surface area contributed by atoms with Crippen LogP contribution in [-0.2, 0) is 0 Å². The molecule has 2 atom stereocenters. The summed E-state index contributed by atoms with van der Waals surface area (Å²) < 4.78 is 0. The third kappa shape index (κ3) is 4.09. The fourth-order valence-corrected chi connectivity index (χ4v) is 3.21. The molecule has 2 N–H and O–H groups in total. The fraction of sp³-hybridized carbons (Fsp3) is 0.667. The van der Waals surface area contributed by atoms with E-state index in [1.807, 2.05) is 11.8 Å². The summed E-state index contributed by atoms with van der Waals surface area (Å²) in [4.78, 5) is 1.38. The van der Waals surface area contributed by atoms with Crippen molar-refractivity contribution in [2.45, 2.75) is 32.4 Å². The van der Waals surface area contributed by atoms with Gasteiger partial charge in [-0.3, -0.25) is 0 Å². The Hall–Kier alpha value is -0.0300. The molecule has 0 radical (unpaired) electrons. The van der Waals surface area contributed by atoms with Crippen LogP contribution in [-0.4, -0.2) is 29.8 Å². The number of nitrogens with one attached hydrogen (secondary N) is 1. The minimum absolute atomic E-state index is 0.212. The molecule has 92 valence electrons. The summed E-state index contributed by atoms with van der Waals surface area (Å²) in [5.41, 5.74) is 1.34. The van der Waals surface area contributed by atoms with Crippen molar-refractivity contribution < 1.29 is 5.11 Å². The van der Waals surface area contributed by atoms with Crippen LogP contribution in [0, 0.1) is 6.92 Å². The van der Waals surface area contributed by atoms with Gasteiger partial charge in [0.15, 0.2) is 0 Å². The van der Waals surface area contributed by atoms with Crippen LogP contribution in [0.15, 0.2) is 11.4 Å². The van der Waals surface area contributed by atoms with Crippen molar-refractivity contribution in [3.8, 4) is 0 Å². The Bertz CT molecular complexity index is 301. The second kappa shape index (κ2) is 7.33. The second-order valence-electron chi connectivity index (χ2n) is 4.02. The van der Waals surface area contributed by atoms with E-state index in [2.05, 4.69) is 36.9 Å². The minimum atomic E-state index is 0.212. The number of thioether (sulfide) groups is 1. The maximum atomic E-state index is 9.30. The monoisotopic (exact) mass is 259 g/mol. The Balaban J connectivity index is 2.48. The van der Waals surface area contributed by atoms with Crippen LogP contribution in [0.4, 0.5) is 0 Å². The Morgan fingerprint density at radius 2 is 2.31 bits per heavy atom. The van der Waals surface area contributed by atoms with Crippen LogP contribution in [0.25, 0.3) is 0 Å². The topological polar surface area (TPSA) is 32.3 Å². The van der Waals surface area contributed by atoms with Crippen LogP contribution < -0.4 is 5.32 Å². The molecule has 0 aliphatic heterocycles. The fourth-order valence-electron chi connectivity index (χ4n) is 1.74. The Kier molecular flexibility index (Phi) is 6.43. The highest BCUT2D eigenvalue weighted by Crippen LogP contribution is 2.24. The third-order valence-corrected chi connectivity index (χ3v) is 4.52. The molecule has 16 heavy (non-hydrogen) atoms. The van der Waals surface area contributed by atoms with Crippen LogP contribution in [0.2, 0.25) is 0 Å². The molecule has 1 rings (SSSR count). The van der Waals surface area contributed by atoms with Gasteiger partial charge in [0.1, 0.15) is 0 Å². The molecule has 1 heterocycles. The van der Waals surface area contributed by atoms with Crippen molar-refractivity contribution in [3.05, 3.63) is 21.9 Å². The van der Waals surface area contributed by atoms with E-state index in [1.54, 1.807) is 11.3 Å². The first-order chi connectivity index (χ1) is 7.69. The van der Waals surface area contributed by atoms with Crippen molar-refractivity contribution in [3.63, 3.8) is 0 Å². The van der Waals surface area contributed by atoms with Crippen LogP contribution in [0.5, 0.6) is 0 Å². The maximum Gasteiger partial charge on any atom is 0.0585 e. The van der Waals surface area contributed by atoms with E-state index in [9.17, 15) is 5.11 Å². The van der Waals surface area contributed by atoms with Gasteiger partial charge >= 0.3 is 0 Å². The largest absolute Gasteiger partial charge is 0.395 e. The number of thiophene rings is 1. The van der Waals surface area contributed by atoms with E-state index in [0.717, 1.165) is 12.2 Å². The van der Waals surface area contributed by atoms with Gasteiger partial charge in [-0.25, -0.2) is 0 Å². The summed E-state index contributed by atoms with van der Waals surface area (Å²) >= 11 is 3.61. The number of aryl methyl sites for hydroxylation is 1. The normalized spacial score (nSPS) is 15.0. The molecular weight excluding hydrogens is 238 g/mol. The van der Waals surface area contributed by atoms with Gasteiger partial charge in [-0.05, 0) is 49.3 Å². The Morgan fingerprint density at radius 1 is 1.56 bits per heavy atom. The lowest BCUT2D eigenvalue weighted by atomic mass is 10.1. The zero-order valence-electron chi connectivity index (χ0n) is 10.2. The number of hydrogen-bond acceptors (Lipinski definition) is 4. The minimum Gasteiger partial charge on any atom is -0.395 e. The third-order valence-electron chi connectivity index (χ3n) is 2.67. The molecule has 1 aromatic heterocycles. The quantitative estimate of drug-likeness (QED) is 0.790. The van der Waals surface area contributed by atoms with Gasteiger partial charge in [-0.15, -0.1) is 11.3 Å². The smallest absolute Gasteiger partial charge is 0.0585 e. The number of aliphatic hydroxyl groups excluding tert-OH is 1. The van der Waals surface area contributed by atoms with Crippen LogP contribution in [0.3, 0.4) is 0 Å². The Morgan fingerprint density at radius 3 is 2.81 bits per heavy atom. The van der Waals surface area contributed by atoms with Gasteiger partial charge in [0.25, 0.3) is 0 Å². The molecule has 0 aliphatic rings. The van der Waals surface area contributed by atoms with Gasteiger partial charge in [0.05, 0.1) is 6.61 Å². The molecule has 0 bridgehead atoms. The van der Waals surface area contributed by atoms with Gasteiger partial charge in [-0.2, -0.15) is 11.8 Å². The predicted octanol–water partition coefficient (Wildman–Crippen LogP) is 2.82. The van der Waals surface area contributed by atoms with Crippen LogP contribution in [0.1, 0.15) is 29.8 Å². The highest BCUT2D eigenvalue weighted by molar-refractivity contribution is 7.98. The zero-order chi connectivity index (χ0) is 12.0. The standard InChI is InChI=1S/C12H21NOS2/c1-9-4-7-16-12(9)10(2)13-11(8-14)5-6-15-3/h4,7,10-11,13-14H,5-6,8H2,1-3H3. The molecule has 1 aromatic rings. The average molecular weight is 259 g/mol. The van der Waals surface area contributed by atoms with E-state index in [0.29, 0.717) is 6.04 Å². The summed E-state index contributed by atoms with van der Waals surface area (Å²) in [6.07, 6.45) is 3.12. The van der Waals surface area contributed by atoms with Crippen molar-refractivity contribution in [1.82, 2.24) is 5.32 Å². The lowest BCUT2D eigenvalue weighted by Crippen LogP contribution is -2.35. The first-order valence-corrected chi connectivity index (χ1v) is 7.86. The number of aliphatic hydroxyl groups is 1. The molecule has 2 unspecified atom stereocenters. The van der Waals surface area contributed by atoms with Crippen molar-refractivity contribution in [2.24, 2.45) is 0 Å². The first kappa shape index (κ1) is 14.0. The van der Waals surface area contributed by atoms with Gasteiger partial charge in [0, 0.05) is 17.0 Å². The van der Waals surface area contributed by atoms with Crippen molar-refractivity contribution in [2.75, 3.05) is 18.6 Å². The molecule has 0 saturated heterocycles. The van der Waals surface area contributed by atoms with E-state index in [4.69, 9.17) is 0 Å². The molecule has 0 amide bonds. The lowest BCUT2D eigenvalue weighted by molar-refractivity contribution is 0.231. The number of hydrogen-bond donors (Lipinski definition) is 2. The van der Waals surface area contributed by atoms with Crippen molar-refractivity contribution in [1.29, 1.82) is 0 Å². The predicted molar refractivity (Wildman–Crippen MR) is 74.5 cm³/mol. The molecule has 0 spiro atoms. The molecule has 4 heteroatoms. The highest BCUT2D eigenvalue weighted by atomic mass is 32.2. The molecule has 0 fully saturated rings. The van der Waals surface area contributed by atoms with Gasteiger partial charge in [0.2, 0.25) is 0 Å². The van der Waals surface area contributed by atoms with Crippen LogP contribution >= 0.6 is 23.1 Å². The van der Waals surface area contributed by atoms with E-state index in [1.165, 1.54) is 10.4 Å². The summed E-state index contributed by atoms with van der Waals surface area (Å²) in [7, 11) is 0. The zero-order valence-corrected chi connectivity index (χ0v) is 11.8. The summed E-state index contributed by atoms with van der Waals surface area (Å²) in [5.74, 6) is 1.09. The molecule has 0 aromatic carbocycles. The van der Waals surface area contributed by atoms with Gasteiger partial charge in [-0.1, -0.05) is 0 Å². The molecular formula is C12H21NOS2. The SMILES string of the molecule is CSCCC(CO)NC(C)c1sccc1C. The highest BCUT2D eigenvalue weighted by Gasteiger charge is 2.14. The van der Waals surface area contributed by atoms with E-state index in [-0.39, 0.29) is 12.6 Å². The summed E-state index contributed by atoms with van der Waals surface area (Å²) in [6, 6.07) is 2.69. The maximum absolute atomic E-state index is 9.30. The Labute approximate surface area is 106 Å². The summed E-state index contributed by atoms with van der Waals surface area (Å²) in [6.45, 7) is 4.52. The summed E-state index contributed by atoms with van der Waals surface area (Å²) in [5, 5.41) is 14.9. The molecule has 2 nitrogen and oxygen atoms in total. The van der Waals surface area contributed by atoms with Crippen molar-refractivity contribution >= 4 is 23.1 Å². The lowest BCUT2D eigenvalue weighted by Gasteiger charge is -2.21. The molecule has 0 saturated carbocycles. The second-order valence-corrected chi connectivity index (χ2v) is 5.95.